The molecule has 0 radical (unpaired) electrons. The summed E-state index contributed by atoms with van der Waals surface area (Å²) >= 11 is 10.4. The quantitative estimate of drug-likeness (QED) is 0.467. The summed E-state index contributed by atoms with van der Waals surface area (Å²) in [5.41, 5.74) is 0. The zero-order chi connectivity index (χ0) is 15.9. The van der Waals surface area contributed by atoms with Crippen LogP contribution in [0.3, 0.4) is 0 Å². The summed E-state index contributed by atoms with van der Waals surface area (Å²) in [7, 11) is 0. The second kappa shape index (κ2) is 9.36. The average molecular weight is 401 g/mol. The Morgan fingerprint density at radius 3 is 1.59 bits per heavy atom. The lowest BCUT2D eigenvalue weighted by Crippen LogP contribution is -1.79. The Balaban J connectivity index is 2.07. The van der Waals surface area contributed by atoms with Gasteiger partial charge in [0.25, 0.3) is 0 Å². The fourth-order valence-electron chi connectivity index (χ4n) is 1.35. The molecule has 114 valence electrons. The van der Waals surface area contributed by atoms with E-state index in [2.05, 4.69) is 25.3 Å². The van der Waals surface area contributed by atoms with E-state index in [1.54, 1.807) is 70.6 Å². The third kappa shape index (κ3) is 5.02. The van der Waals surface area contributed by atoms with Gasteiger partial charge in [-0.15, -0.1) is 23.5 Å². The fourth-order valence-corrected chi connectivity index (χ4v) is 9.54. The third-order valence-electron chi connectivity index (χ3n) is 2.34. The monoisotopic (exact) mass is 400 g/mol. The van der Waals surface area contributed by atoms with Gasteiger partial charge in [0.2, 0.25) is 0 Å². The van der Waals surface area contributed by atoms with E-state index in [1.807, 2.05) is 0 Å². The molecule has 0 aromatic carbocycles. The van der Waals surface area contributed by atoms with Gasteiger partial charge in [0.1, 0.15) is 0 Å². The number of thioether (sulfide) groups is 6. The van der Waals surface area contributed by atoms with E-state index in [4.69, 9.17) is 10.5 Å². The van der Waals surface area contributed by atoms with Gasteiger partial charge in [0.15, 0.2) is 0 Å². The molecule has 0 aromatic rings. The Morgan fingerprint density at radius 1 is 0.773 bits per heavy atom. The lowest BCUT2D eigenvalue weighted by atomic mass is 10.6. The second-order valence-electron chi connectivity index (χ2n) is 3.92. The van der Waals surface area contributed by atoms with Crippen molar-refractivity contribution in [2.45, 2.75) is 12.8 Å². The van der Waals surface area contributed by atoms with Crippen LogP contribution >= 0.6 is 70.6 Å². The Morgan fingerprint density at radius 2 is 1.18 bits per heavy atom. The molecule has 0 aromatic heterocycles. The molecule has 2 heterocycles. The van der Waals surface area contributed by atoms with Gasteiger partial charge in [0.05, 0.1) is 29.1 Å². The average Bonchev–Trinajstić information content (AvgIpc) is 3.04. The molecule has 2 aliphatic heterocycles. The number of nitriles is 2. The summed E-state index contributed by atoms with van der Waals surface area (Å²) in [6.45, 7) is 8.02. The summed E-state index contributed by atoms with van der Waals surface area (Å²) in [5.74, 6) is 1.62. The summed E-state index contributed by atoms with van der Waals surface area (Å²) < 4.78 is 5.04. The van der Waals surface area contributed by atoms with Gasteiger partial charge in [-0.1, -0.05) is 60.2 Å². The van der Waals surface area contributed by atoms with Gasteiger partial charge in [-0.2, -0.15) is 10.5 Å². The van der Waals surface area contributed by atoms with Crippen LogP contribution in [0.1, 0.15) is 12.8 Å². The standard InChI is InChI=1S/C14H12N2S6/c1-9-10(2)20-13(19-9)14-21-11(17-7-3-5-15)12(22-14)18-8-4-6-16/h1-4,7-8H2. The molecular formula is C14H12N2S6. The van der Waals surface area contributed by atoms with Crippen LogP contribution in [0.5, 0.6) is 0 Å². The maximum Gasteiger partial charge on any atom is 0.0717 e. The molecule has 22 heavy (non-hydrogen) atoms. The Bertz CT molecular complexity index is 583. The van der Waals surface area contributed by atoms with Crippen LogP contribution in [0.15, 0.2) is 39.9 Å². The maximum absolute atomic E-state index is 8.69. The van der Waals surface area contributed by atoms with Gasteiger partial charge < -0.3 is 0 Å². The molecule has 0 unspecified atom stereocenters. The van der Waals surface area contributed by atoms with Crippen molar-refractivity contribution in [2.24, 2.45) is 0 Å². The minimum absolute atomic E-state index is 0.554. The Kier molecular flexibility index (Phi) is 7.82. The molecule has 1 saturated heterocycles. The fraction of sp³-hybridized carbons (Fsp3) is 0.286. The maximum atomic E-state index is 8.69. The van der Waals surface area contributed by atoms with Crippen LogP contribution in [0, 0.1) is 22.7 Å². The van der Waals surface area contributed by atoms with Crippen molar-refractivity contribution in [3.05, 3.63) is 39.9 Å². The van der Waals surface area contributed by atoms with Gasteiger partial charge in [0, 0.05) is 34.2 Å². The lowest BCUT2D eigenvalue weighted by molar-refractivity contribution is 1.24. The highest BCUT2D eigenvalue weighted by molar-refractivity contribution is 8.42. The van der Waals surface area contributed by atoms with E-state index in [0.29, 0.717) is 12.8 Å². The molecule has 0 amide bonds. The third-order valence-corrected chi connectivity index (χ3v) is 10.8. The highest BCUT2D eigenvalue weighted by Gasteiger charge is 2.29. The number of rotatable bonds is 6. The van der Waals surface area contributed by atoms with E-state index in [0.717, 1.165) is 21.3 Å². The van der Waals surface area contributed by atoms with Gasteiger partial charge in [-0.05, 0) is 0 Å². The lowest BCUT2D eigenvalue weighted by Gasteiger charge is -2.01. The van der Waals surface area contributed by atoms with Crippen LogP contribution in [0.25, 0.3) is 0 Å². The van der Waals surface area contributed by atoms with Crippen molar-refractivity contribution in [3.63, 3.8) is 0 Å². The SMILES string of the molecule is C=C1SC(=C2SC(SCCC#N)=C(SCCC#N)S2)SC1=C. The van der Waals surface area contributed by atoms with Crippen molar-refractivity contribution in [1.82, 2.24) is 0 Å². The number of hydrogen-bond donors (Lipinski definition) is 0. The Labute approximate surface area is 156 Å². The molecule has 0 bridgehead atoms. The predicted octanol–water partition coefficient (Wildman–Crippen LogP) is 6.52. The first-order valence-electron chi connectivity index (χ1n) is 6.23. The molecule has 0 N–H and O–H groups in total. The molecule has 0 atom stereocenters. The molecule has 0 spiro atoms. The topological polar surface area (TPSA) is 47.6 Å². The van der Waals surface area contributed by atoms with Gasteiger partial charge >= 0.3 is 0 Å². The second-order valence-corrected chi connectivity index (χ2v) is 11.4. The zero-order valence-electron chi connectivity index (χ0n) is 11.6. The summed E-state index contributed by atoms with van der Waals surface area (Å²) in [6, 6.07) is 4.37. The van der Waals surface area contributed by atoms with E-state index >= 15 is 0 Å². The van der Waals surface area contributed by atoms with Crippen LogP contribution in [0.2, 0.25) is 0 Å². The van der Waals surface area contributed by atoms with Crippen LogP contribution in [-0.2, 0) is 0 Å². The van der Waals surface area contributed by atoms with Crippen molar-refractivity contribution < 1.29 is 0 Å². The molecule has 0 saturated carbocycles. The molecule has 1 fully saturated rings. The number of nitrogens with zero attached hydrogens (tertiary/aromatic N) is 2. The molecule has 2 rings (SSSR count). The van der Waals surface area contributed by atoms with Crippen LogP contribution in [-0.4, -0.2) is 11.5 Å². The Hall–Kier alpha value is 0.0400. The van der Waals surface area contributed by atoms with E-state index in [1.165, 1.54) is 16.9 Å². The minimum Gasteiger partial charge on any atom is -0.198 e. The highest BCUT2D eigenvalue weighted by atomic mass is 32.3. The van der Waals surface area contributed by atoms with Crippen molar-refractivity contribution >= 4 is 70.6 Å². The molecule has 0 aliphatic carbocycles. The first-order chi connectivity index (χ1) is 10.7. The summed E-state index contributed by atoms with van der Waals surface area (Å²) in [5, 5.41) is 17.4. The van der Waals surface area contributed by atoms with E-state index in [-0.39, 0.29) is 0 Å². The zero-order valence-corrected chi connectivity index (χ0v) is 16.5. The first kappa shape index (κ1) is 18.4. The van der Waals surface area contributed by atoms with Crippen molar-refractivity contribution in [3.8, 4) is 12.1 Å². The van der Waals surface area contributed by atoms with Gasteiger partial charge in [-0.3, -0.25) is 0 Å². The first-order valence-corrected chi connectivity index (χ1v) is 11.5. The molecule has 2 nitrogen and oxygen atoms in total. The van der Waals surface area contributed by atoms with Crippen LogP contribution in [0.4, 0.5) is 0 Å². The predicted molar refractivity (Wildman–Crippen MR) is 108 cm³/mol. The summed E-state index contributed by atoms with van der Waals surface area (Å²) in [4.78, 5) is 2.05. The minimum atomic E-state index is 0.554. The van der Waals surface area contributed by atoms with Crippen LogP contribution < -0.4 is 0 Å². The summed E-state index contributed by atoms with van der Waals surface area (Å²) in [6.07, 6.45) is 1.11. The van der Waals surface area contributed by atoms with Crippen molar-refractivity contribution in [2.75, 3.05) is 11.5 Å². The largest absolute Gasteiger partial charge is 0.198 e. The molecular weight excluding hydrogens is 389 g/mol. The van der Waals surface area contributed by atoms with E-state index in [9.17, 15) is 0 Å². The number of hydrogen-bond acceptors (Lipinski definition) is 8. The van der Waals surface area contributed by atoms with Gasteiger partial charge in [-0.25, -0.2) is 0 Å². The highest BCUT2D eigenvalue weighted by Crippen LogP contribution is 2.64. The molecule has 2 aliphatic rings. The molecule has 8 heteroatoms. The normalized spacial score (nSPS) is 18.1. The van der Waals surface area contributed by atoms with Crippen molar-refractivity contribution in [1.29, 1.82) is 10.5 Å². The van der Waals surface area contributed by atoms with E-state index < -0.39 is 0 Å². The smallest absolute Gasteiger partial charge is 0.0717 e.